The van der Waals surface area contributed by atoms with Gasteiger partial charge in [-0.15, -0.1) is 0 Å². The summed E-state index contributed by atoms with van der Waals surface area (Å²) >= 11 is 6.10. The van der Waals surface area contributed by atoms with Crippen molar-refractivity contribution in [2.45, 2.75) is 37.6 Å². The van der Waals surface area contributed by atoms with Crippen molar-refractivity contribution in [3.8, 4) is 0 Å². The summed E-state index contributed by atoms with van der Waals surface area (Å²) in [5.74, 6) is 0.438. The number of nitrogens with one attached hydrogen (secondary N) is 2. The van der Waals surface area contributed by atoms with E-state index in [0.717, 1.165) is 36.2 Å². The molecule has 0 saturated heterocycles. The van der Waals surface area contributed by atoms with Crippen LogP contribution in [-0.2, 0) is 0 Å². The topological polar surface area (TPSA) is 70.9 Å². The molecule has 0 aliphatic heterocycles. The zero-order valence-corrected chi connectivity index (χ0v) is 11.9. The number of aromatic nitrogens is 1. The minimum atomic E-state index is -0.433. The van der Waals surface area contributed by atoms with Crippen molar-refractivity contribution in [1.82, 2.24) is 10.3 Å². The first-order valence-electron chi connectivity index (χ1n) is 6.96. The second-order valence-electron chi connectivity index (χ2n) is 5.50. The lowest BCUT2D eigenvalue weighted by atomic mass is 9.81. The Balaban J connectivity index is 1.86. The van der Waals surface area contributed by atoms with Crippen molar-refractivity contribution < 1.29 is 4.79 Å². The molecule has 0 radical (unpaired) electrons. The second-order valence-corrected chi connectivity index (χ2v) is 5.94. The van der Waals surface area contributed by atoms with Crippen molar-refractivity contribution in [3.05, 3.63) is 35.0 Å². The fourth-order valence-electron chi connectivity index (χ4n) is 3.26. The van der Waals surface area contributed by atoms with Crippen molar-refractivity contribution in [2.24, 2.45) is 5.73 Å². The molecule has 0 spiro atoms. The monoisotopic (exact) mass is 291 g/mol. The summed E-state index contributed by atoms with van der Waals surface area (Å²) in [7, 11) is 0. The molecule has 2 amide bonds. The van der Waals surface area contributed by atoms with Gasteiger partial charge in [-0.3, -0.25) is 0 Å². The fraction of sp³-hybridized carbons (Fsp3) is 0.400. The number of aromatic amines is 1. The molecule has 2 atom stereocenters. The predicted octanol–water partition coefficient (Wildman–Crippen LogP) is 3.52. The summed E-state index contributed by atoms with van der Waals surface area (Å²) in [5, 5.41) is 4.77. The van der Waals surface area contributed by atoms with Gasteiger partial charge in [-0.2, -0.15) is 0 Å². The number of hydrogen-bond donors (Lipinski definition) is 3. The summed E-state index contributed by atoms with van der Waals surface area (Å²) in [6, 6.07) is 5.65. The van der Waals surface area contributed by atoms with E-state index in [4.69, 9.17) is 17.3 Å². The van der Waals surface area contributed by atoms with Gasteiger partial charge in [0.05, 0.1) is 0 Å². The van der Waals surface area contributed by atoms with E-state index < -0.39 is 6.03 Å². The highest BCUT2D eigenvalue weighted by Gasteiger charge is 2.25. The number of primary amides is 1. The number of urea groups is 1. The maximum absolute atomic E-state index is 11.0. The van der Waals surface area contributed by atoms with Crippen LogP contribution < -0.4 is 11.1 Å². The summed E-state index contributed by atoms with van der Waals surface area (Å²) in [5.41, 5.74) is 7.62. The molecule has 0 bridgehead atoms. The van der Waals surface area contributed by atoms with Gasteiger partial charge in [0.2, 0.25) is 0 Å². The Kier molecular flexibility index (Phi) is 3.57. The van der Waals surface area contributed by atoms with Crippen LogP contribution in [-0.4, -0.2) is 17.1 Å². The molecule has 1 aliphatic rings. The molecule has 1 heterocycles. The minimum Gasteiger partial charge on any atom is -0.361 e. The first-order valence-corrected chi connectivity index (χ1v) is 7.34. The molecule has 4 nitrogen and oxygen atoms in total. The van der Waals surface area contributed by atoms with Gasteiger partial charge in [0.15, 0.2) is 0 Å². The maximum Gasteiger partial charge on any atom is 0.312 e. The van der Waals surface area contributed by atoms with Gasteiger partial charge in [-0.05, 0) is 48.9 Å². The first kappa shape index (κ1) is 13.3. The summed E-state index contributed by atoms with van der Waals surface area (Å²) in [4.78, 5) is 14.3. The normalized spacial score (nSPS) is 22.9. The van der Waals surface area contributed by atoms with Crippen LogP contribution in [0, 0.1) is 0 Å². The average Bonchev–Trinajstić information content (AvgIpc) is 2.81. The third-order valence-electron chi connectivity index (χ3n) is 4.14. The number of H-pyrrole nitrogens is 1. The van der Waals surface area contributed by atoms with E-state index in [1.165, 1.54) is 10.9 Å². The summed E-state index contributed by atoms with van der Waals surface area (Å²) in [6.45, 7) is 0. The third-order valence-corrected chi connectivity index (χ3v) is 4.37. The van der Waals surface area contributed by atoms with Crippen molar-refractivity contribution in [3.63, 3.8) is 0 Å². The predicted molar refractivity (Wildman–Crippen MR) is 81.0 cm³/mol. The Morgan fingerprint density at radius 2 is 2.25 bits per heavy atom. The number of fused-ring (bicyclic) bond motifs is 1. The Hall–Kier alpha value is -1.68. The maximum atomic E-state index is 11.0. The number of carbonyl (C=O) groups is 1. The highest BCUT2D eigenvalue weighted by atomic mass is 35.5. The number of hydrogen-bond acceptors (Lipinski definition) is 1. The minimum absolute atomic E-state index is 0.176. The van der Waals surface area contributed by atoms with E-state index in [9.17, 15) is 4.79 Å². The van der Waals surface area contributed by atoms with E-state index in [-0.39, 0.29) is 6.04 Å². The molecule has 1 aromatic heterocycles. The SMILES string of the molecule is NC(=O)N[C@H]1CCC[C@@H](c2c[nH]c3ccc(Cl)cc23)C1. The van der Waals surface area contributed by atoms with Crippen LogP contribution in [0.3, 0.4) is 0 Å². The zero-order chi connectivity index (χ0) is 14.1. The highest BCUT2D eigenvalue weighted by molar-refractivity contribution is 6.31. The van der Waals surface area contributed by atoms with Gasteiger partial charge in [-0.1, -0.05) is 18.0 Å². The standard InChI is InChI=1S/C15H18ClN3O/c16-10-4-5-14-12(7-10)13(8-18-14)9-2-1-3-11(6-9)19-15(17)20/h4-5,7-9,11,18H,1-3,6H2,(H3,17,19,20)/t9-,11+/m1/s1. The van der Waals surface area contributed by atoms with Gasteiger partial charge in [0, 0.05) is 28.2 Å². The van der Waals surface area contributed by atoms with Crippen LogP contribution in [0.4, 0.5) is 4.79 Å². The molecular weight excluding hydrogens is 274 g/mol. The quantitative estimate of drug-likeness (QED) is 0.778. The Bertz CT molecular complexity index is 637. The van der Waals surface area contributed by atoms with Crippen LogP contribution in [0.25, 0.3) is 10.9 Å². The van der Waals surface area contributed by atoms with E-state index >= 15 is 0 Å². The van der Waals surface area contributed by atoms with Crippen LogP contribution in [0.1, 0.15) is 37.2 Å². The molecule has 2 aromatic rings. The van der Waals surface area contributed by atoms with Gasteiger partial charge in [0.25, 0.3) is 0 Å². The fourth-order valence-corrected chi connectivity index (χ4v) is 3.43. The smallest absolute Gasteiger partial charge is 0.312 e. The second kappa shape index (κ2) is 5.37. The Morgan fingerprint density at radius 3 is 3.05 bits per heavy atom. The first-order chi connectivity index (χ1) is 9.63. The van der Waals surface area contributed by atoms with Gasteiger partial charge >= 0.3 is 6.03 Å². The summed E-state index contributed by atoms with van der Waals surface area (Å²) in [6.07, 6.45) is 6.24. The number of benzene rings is 1. The molecule has 4 N–H and O–H groups in total. The molecule has 5 heteroatoms. The van der Waals surface area contributed by atoms with E-state index in [1.54, 1.807) is 0 Å². The molecule has 20 heavy (non-hydrogen) atoms. The van der Waals surface area contributed by atoms with Crippen LogP contribution in [0.15, 0.2) is 24.4 Å². The molecule has 0 unspecified atom stereocenters. The largest absolute Gasteiger partial charge is 0.361 e. The van der Waals surface area contributed by atoms with E-state index in [0.29, 0.717) is 5.92 Å². The van der Waals surface area contributed by atoms with Crippen molar-refractivity contribution in [1.29, 1.82) is 0 Å². The van der Waals surface area contributed by atoms with Crippen molar-refractivity contribution >= 4 is 28.5 Å². The molecular formula is C15H18ClN3O. The molecule has 1 fully saturated rings. The summed E-state index contributed by atoms with van der Waals surface area (Å²) < 4.78 is 0. The van der Waals surface area contributed by atoms with Crippen molar-refractivity contribution in [2.75, 3.05) is 0 Å². The Labute approximate surface area is 122 Å². The lowest BCUT2D eigenvalue weighted by molar-refractivity contribution is 0.239. The molecule has 1 saturated carbocycles. The average molecular weight is 292 g/mol. The number of nitrogens with two attached hydrogens (primary N) is 1. The lowest BCUT2D eigenvalue weighted by Gasteiger charge is -2.29. The number of amides is 2. The number of carbonyl (C=O) groups excluding carboxylic acids is 1. The zero-order valence-electron chi connectivity index (χ0n) is 11.2. The molecule has 1 aromatic carbocycles. The molecule has 3 rings (SSSR count). The van der Waals surface area contributed by atoms with Crippen LogP contribution in [0.2, 0.25) is 5.02 Å². The number of halogens is 1. The Morgan fingerprint density at radius 1 is 1.40 bits per heavy atom. The number of rotatable bonds is 2. The highest BCUT2D eigenvalue weighted by Crippen LogP contribution is 2.37. The van der Waals surface area contributed by atoms with Gasteiger partial charge in [0.1, 0.15) is 0 Å². The van der Waals surface area contributed by atoms with E-state index in [1.807, 2.05) is 18.2 Å². The van der Waals surface area contributed by atoms with Gasteiger partial charge < -0.3 is 16.0 Å². The lowest BCUT2D eigenvalue weighted by Crippen LogP contribution is -2.40. The van der Waals surface area contributed by atoms with Crippen LogP contribution in [0.5, 0.6) is 0 Å². The van der Waals surface area contributed by atoms with Crippen LogP contribution >= 0.6 is 11.6 Å². The van der Waals surface area contributed by atoms with Gasteiger partial charge in [-0.25, -0.2) is 4.79 Å². The molecule has 1 aliphatic carbocycles. The van der Waals surface area contributed by atoms with E-state index in [2.05, 4.69) is 16.5 Å². The molecule has 106 valence electrons. The third kappa shape index (κ3) is 2.61.